The largest absolute Gasteiger partial charge is 0.398 e. The number of thioether (sulfide) groups is 1. The number of rotatable bonds is 3. The van der Waals surface area contributed by atoms with Crippen LogP contribution in [0.2, 0.25) is 0 Å². The number of hydrogen-bond acceptors (Lipinski definition) is 4. The molecular weight excluding hydrogens is 302 g/mol. The maximum atomic E-state index is 11.1. The normalized spacial score (nSPS) is 10.4. The van der Waals surface area contributed by atoms with Crippen molar-refractivity contribution in [3.05, 3.63) is 50.9 Å². The highest BCUT2D eigenvalue weighted by molar-refractivity contribution is 9.10. The van der Waals surface area contributed by atoms with Crippen molar-refractivity contribution in [2.75, 3.05) is 5.73 Å². The molecule has 0 aliphatic rings. The number of benzene rings is 1. The number of H-pyrrole nitrogens is 1. The minimum Gasteiger partial charge on any atom is -0.398 e. The average Bonchev–Trinajstić information content (AvgIpc) is 2.28. The zero-order valence-corrected chi connectivity index (χ0v) is 11.2. The van der Waals surface area contributed by atoms with Crippen molar-refractivity contribution in [2.45, 2.75) is 10.9 Å². The number of hydrogen-bond donors (Lipinski definition) is 2. The van der Waals surface area contributed by atoms with Gasteiger partial charge in [-0.25, -0.2) is 4.98 Å². The van der Waals surface area contributed by atoms with Gasteiger partial charge in [0.2, 0.25) is 0 Å². The molecule has 0 spiro atoms. The van der Waals surface area contributed by atoms with Crippen molar-refractivity contribution in [2.24, 2.45) is 0 Å². The van der Waals surface area contributed by atoms with E-state index in [1.807, 2.05) is 18.2 Å². The molecule has 0 aliphatic carbocycles. The van der Waals surface area contributed by atoms with E-state index in [4.69, 9.17) is 5.73 Å². The van der Waals surface area contributed by atoms with Crippen LogP contribution in [0.4, 0.5) is 5.69 Å². The summed E-state index contributed by atoms with van der Waals surface area (Å²) in [5, 5.41) is 0.597. The first kappa shape index (κ1) is 12.2. The topological polar surface area (TPSA) is 71.8 Å². The third kappa shape index (κ3) is 3.34. The highest BCUT2D eigenvalue weighted by Gasteiger charge is 2.02. The van der Waals surface area contributed by atoms with E-state index in [0.717, 1.165) is 15.7 Å². The lowest BCUT2D eigenvalue weighted by Crippen LogP contribution is -2.05. The second-order valence-electron chi connectivity index (χ2n) is 3.37. The van der Waals surface area contributed by atoms with Crippen LogP contribution in [0.15, 0.2) is 44.9 Å². The summed E-state index contributed by atoms with van der Waals surface area (Å²) in [6.45, 7) is 0. The smallest absolute Gasteiger partial charge is 0.251 e. The summed E-state index contributed by atoms with van der Waals surface area (Å²) in [6.07, 6.45) is 1.49. The monoisotopic (exact) mass is 311 g/mol. The standard InChI is InChI=1S/C11H10BrN3OS/c12-8-2-1-7(9(13)5-8)6-17-11-14-4-3-10(16)15-11/h1-5H,6,13H2,(H,14,15,16). The van der Waals surface area contributed by atoms with Crippen molar-refractivity contribution in [3.8, 4) is 0 Å². The SMILES string of the molecule is Nc1cc(Br)ccc1CSc1nccc(=O)[nH]1. The van der Waals surface area contributed by atoms with Crippen LogP contribution in [0.1, 0.15) is 5.56 Å². The Morgan fingerprint density at radius 3 is 2.94 bits per heavy atom. The van der Waals surface area contributed by atoms with E-state index in [2.05, 4.69) is 25.9 Å². The van der Waals surface area contributed by atoms with E-state index < -0.39 is 0 Å². The first-order valence-corrected chi connectivity index (χ1v) is 6.65. The molecule has 1 aromatic heterocycles. The molecule has 6 heteroatoms. The van der Waals surface area contributed by atoms with Crippen LogP contribution in [0.5, 0.6) is 0 Å². The number of nitrogens with one attached hydrogen (secondary N) is 1. The zero-order chi connectivity index (χ0) is 12.3. The number of nitrogens with two attached hydrogens (primary N) is 1. The van der Waals surface area contributed by atoms with Crippen molar-refractivity contribution in [1.29, 1.82) is 0 Å². The van der Waals surface area contributed by atoms with E-state index >= 15 is 0 Å². The van der Waals surface area contributed by atoms with E-state index in [0.29, 0.717) is 10.9 Å². The first-order chi connectivity index (χ1) is 8.15. The van der Waals surface area contributed by atoms with E-state index in [1.54, 1.807) is 0 Å². The van der Waals surface area contributed by atoms with Gasteiger partial charge in [-0.3, -0.25) is 4.79 Å². The summed E-state index contributed by atoms with van der Waals surface area (Å²) in [4.78, 5) is 17.8. The molecule has 0 radical (unpaired) electrons. The van der Waals surface area contributed by atoms with Crippen LogP contribution in [-0.2, 0) is 5.75 Å². The number of aromatic nitrogens is 2. The van der Waals surface area contributed by atoms with Gasteiger partial charge in [-0.05, 0) is 17.7 Å². The van der Waals surface area contributed by atoms with Crippen LogP contribution in [0, 0.1) is 0 Å². The molecule has 0 amide bonds. The molecule has 1 heterocycles. The van der Waals surface area contributed by atoms with Gasteiger partial charge in [-0.1, -0.05) is 33.8 Å². The Balaban J connectivity index is 2.10. The minimum absolute atomic E-state index is 0.147. The van der Waals surface area contributed by atoms with Crippen molar-refractivity contribution in [3.63, 3.8) is 0 Å². The predicted octanol–water partition coefficient (Wildman–Crippen LogP) is 2.41. The van der Waals surface area contributed by atoms with Crippen molar-refractivity contribution in [1.82, 2.24) is 9.97 Å². The third-order valence-electron chi connectivity index (χ3n) is 2.12. The molecule has 0 atom stereocenters. The molecule has 17 heavy (non-hydrogen) atoms. The third-order valence-corrected chi connectivity index (χ3v) is 3.55. The maximum Gasteiger partial charge on any atom is 0.251 e. The van der Waals surface area contributed by atoms with E-state index in [1.165, 1.54) is 24.0 Å². The van der Waals surface area contributed by atoms with Crippen LogP contribution >= 0.6 is 27.7 Å². The fourth-order valence-electron chi connectivity index (χ4n) is 1.27. The summed E-state index contributed by atoms with van der Waals surface area (Å²) in [5.74, 6) is 0.673. The fourth-order valence-corrected chi connectivity index (χ4v) is 2.51. The Bertz CT molecular complexity index is 585. The second-order valence-corrected chi connectivity index (χ2v) is 5.25. The average molecular weight is 312 g/mol. The molecule has 0 unspecified atom stereocenters. The van der Waals surface area contributed by atoms with Gasteiger partial charge in [0.25, 0.3) is 5.56 Å². The zero-order valence-electron chi connectivity index (χ0n) is 8.81. The summed E-state index contributed by atoms with van der Waals surface area (Å²) in [7, 11) is 0. The molecule has 0 fully saturated rings. The van der Waals surface area contributed by atoms with E-state index in [9.17, 15) is 4.79 Å². The first-order valence-electron chi connectivity index (χ1n) is 4.87. The quantitative estimate of drug-likeness (QED) is 0.519. The Kier molecular flexibility index (Phi) is 3.86. The van der Waals surface area contributed by atoms with Crippen molar-refractivity contribution >= 4 is 33.4 Å². The summed E-state index contributed by atoms with van der Waals surface area (Å²) in [6, 6.07) is 7.13. The molecule has 88 valence electrons. The highest BCUT2D eigenvalue weighted by atomic mass is 79.9. The molecule has 0 bridgehead atoms. The Hall–Kier alpha value is -1.27. The van der Waals surface area contributed by atoms with Gasteiger partial charge in [0.05, 0.1) is 0 Å². The van der Waals surface area contributed by atoms with Gasteiger partial charge in [0.1, 0.15) is 0 Å². The number of anilines is 1. The summed E-state index contributed by atoms with van der Waals surface area (Å²) >= 11 is 4.80. The van der Waals surface area contributed by atoms with Crippen LogP contribution in [0.25, 0.3) is 0 Å². The molecule has 2 rings (SSSR count). The molecule has 3 N–H and O–H groups in total. The molecule has 0 saturated heterocycles. The van der Waals surface area contributed by atoms with Crippen LogP contribution in [-0.4, -0.2) is 9.97 Å². The van der Waals surface area contributed by atoms with Gasteiger partial charge in [0, 0.05) is 28.2 Å². The van der Waals surface area contributed by atoms with E-state index in [-0.39, 0.29) is 5.56 Å². The van der Waals surface area contributed by atoms with Crippen molar-refractivity contribution < 1.29 is 0 Å². The number of nitrogens with zero attached hydrogens (tertiary/aromatic N) is 1. The van der Waals surface area contributed by atoms with Crippen LogP contribution in [0.3, 0.4) is 0 Å². The summed E-state index contributed by atoms with van der Waals surface area (Å²) < 4.78 is 0.954. The minimum atomic E-state index is -0.147. The molecule has 0 saturated carbocycles. The lowest BCUT2D eigenvalue weighted by Gasteiger charge is -2.05. The second kappa shape index (κ2) is 5.37. The number of halogens is 1. The van der Waals surface area contributed by atoms with Gasteiger partial charge < -0.3 is 10.7 Å². The lowest BCUT2D eigenvalue weighted by molar-refractivity contribution is 0.936. The van der Waals surface area contributed by atoms with Gasteiger partial charge in [-0.2, -0.15) is 0 Å². The van der Waals surface area contributed by atoms with Gasteiger partial charge >= 0.3 is 0 Å². The Morgan fingerprint density at radius 1 is 1.41 bits per heavy atom. The molecular formula is C11H10BrN3OS. The Morgan fingerprint density at radius 2 is 2.24 bits per heavy atom. The molecule has 4 nitrogen and oxygen atoms in total. The van der Waals surface area contributed by atoms with Gasteiger partial charge in [-0.15, -0.1) is 0 Å². The highest BCUT2D eigenvalue weighted by Crippen LogP contribution is 2.24. The van der Waals surface area contributed by atoms with Gasteiger partial charge in [0.15, 0.2) is 5.16 Å². The number of nitrogen functional groups attached to an aromatic ring is 1. The fraction of sp³-hybridized carbons (Fsp3) is 0.0909. The van der Waals surface area contributed by atoms with Crippen LogP contribution < -0.4 is 11.3 Å². The predicted molar refractivity (Wildman–Crippen MR) is 73.0 cm³/mol. The summed E-state index contributed by atoms with van der Waals surface area (Å²) in [5.41, 5.74) is 7.48. The molecule has 0 aliphatic heterocycles. The molecule has 1 aromatic carbocycles. The lowest BCUT2D eigenvalue weighted by atomic mass is 10.2. The Labute approximate surface area is 111 Å². The molecule has 2 aromatic rings. The maximum absolute atomic E-state index is 11.1. The number of aromatic amines is 1.